The van der Waals surface area contributed by atoms with Crippen molar-refractivity contribution in [2.45, 2.75) is 33.9 Å². The lowest BCUT2D eigenvalue weighted by Crippen LogP contribution is -2.07. The molecule has 0 aromatic carbocycles. The molecule has 0 unspecified atom stereocenters. The van der Waals surface area contributed by atoms with Crippen molar-refractivity contribution in [2.75, 3.05) is 7.05 Å². The molecule has 0 aliphatic rings. The molecule has 0 aliphatic heterocycles. The summed E-state index contributed by atoms with van der Waals surface area (Å²) in [7, 11) is 1.96. The molecule has 1 aromatic heterocycles. The highest BCUT2D eigenvalue weighted by Crippen LogP contribution is 2.11. The van der Waals surface area contributed by atoms with Gasteiger partial charge in [-0.05, 0) is 27.8 Å². The molecule has 0 saturated carbocycles. The van der Waals surface area contributed by atoms with Gasteiger partial charge in [0.05, 0.1) is 5.69 Å². The summed E-state index contributed by atoms with van der Waals surface area (Å²) in [4.78, 5) is 0. The first kappa shape index (κ1) is 9.26. The third-order valence-corrected chi connectivity index (χ3v) is 2.18. The third-order valence-electron chi connectivity index (χ3n) is 2.18. The fourth-order valence-electron chi connectivity index (χ4n) is 1.47. The van der Waals surface area contributed by atoms with Crippen LogP contribution in [0.5, 0.6) is 0 Å². The molecule has 0 spiro atoms. The number of nitrogens with zero attached hydrogens (tertiary/aromatic N) is 2. The summed E-state index contributed by atoms with van der Waals surface area (Å²) in [6.45, 7) is 8.17. The van der Waals surface area contributed by atoms with Gasteiger partial charge in [-0.3, -0.25) is 4.68 Å². The van der Waals surface area contributed by atoms with E-state index in [1.54, 1.807) is 0 Å². The molecule has 1 N–H and O–H groups in total. The molecule has 1 heterocycles. The molecule has 12 heavy (non-hydrogen) atoms. The van der Waals surface area contributed by atoms with Crippen LogP contribution in [0.2, 0.25) is 0 Å². The van der Waals surface area contributed by atoms with E-state index in [4.69, 9.17) is 0 Å². The highest BCUT2D eigenvalue weighted by Gasteiger charge is 2.08. The zero-order valence-electron chi connectivity index (χ0n) is 8.31. The predicted molar refractivity (Wildman–Crippen MR) is 50.1 cm³/mol. The summed E-state index contributed by atoms with van der Waals surface area (Å²) in [5.41, 5.74) is 3.76. The number of aromatic nitrogens is 2. The largest absolute Gasteiger partial charge is 0.316 e. The average molecular weight is 167 g/mol. The maximum Gasteiger partial charge on any atom is 0.0641 e. The molecule has 3 nitrogen and oxygen atoms in total. The Morgan fingerprint density at radius 3 is 2.50 bits per heavy atom. The maximum absolute atomic E-state index is 4.42. The summed E-state index contributed by atoms with van der Waals surface area (Å²) >= 11 is 0. The van der Waals surface area contributed by atoms with Crippen molar-refractivity contribution < 1.29 is 0 Å². The highest BCUT2D eigenvalue weighted by atomic mass is 15.3. The number of hydrogen-bond donors (Lipinski definition) is 1. The minimum atomic E-state index is 0.914. The topological polar surface area (TPSA) is 29.9 Å². The van der Waals surface area contributed by atoms with Crippen molar-refractivity contribution in [3.05, 3.63) is 17.0 Å². The quantitative estimate of drug-likeness (QED) is 0.734. The normalized spacial score (nSPS) is 10.7. The van der Waals surface area contributed by atoms with E-state index in [1.165, 1.54) is 11.3 Å². The highest BCUT2D eigenvalue weighted by molar-refractivity contribution is 5.24. The van der Waals surface area contributed by atoms with Gasteiger partial charge in [0.15, 0.2) is 0 Å². The fraction of sp³-hybridized carbons (Fsp3) is 0.667. The Morgan fingerprint density at radius 2 is 2.08 bits per heavy atom. The lowest BCUT2D eigenvalue weighted by atomic mass is 10.2. The van der Waals surface area contributed by atoms with E-state index in [9.17, 15) is 0 Å². The molecule has 1 rings (SSSR count). The van der Waals surface area contributed by atoms with Crippen LogP contribution in [-0.4, -0.2) is 16.8 Å². The van der Waals surface area contributed by atoms with Gasteiger partial charge in [0.25, 0.3) is 0 Å². The molecule has 0 aliphatic carbocycles. The maximum atomic E-state index is 4.42. The number of rotatable bonds is 3. The Bertz CT molecular complexity index is 263. The monoisotopic (exact) mass is 167 g/mol. The Hall–Kier alpha value is -0.830. The van der Waals surface area contributed by atoms with Gasteiger partial charge in [0.1, 0.15) is 0 Å². The van der Waals surface area contributed by atoms with Gasteiger partial charge < -0.3 is 5.32 Å². The number of aryl methyl sites for hydroxylation is 2. The smallest absolute Gasteiger partial charge is 0.0641 e. The Labute approximate surface area is 73.8 Å². The third kappa shape index (κ3) is 1.50. The van der Waals surface area contributed by atoms with Gasteiger partial charge in [-0.2, -0.15) is 5.10 Å². The summed E-state index contributed by atoms with van der Waals surface area (Å²) in [6.07, 6.45) is 0. The van der Waals surface area contributed by atoms with E-state index in [0.717, 1.165) is 18.8 Å². The van der Waals surface area contributed by atoms with Crippen molar-refractivity contribution >= 4 is 0 Å². The zero-order chi connectivity index (χ0) is 9.14. The molecular formula is C9H17N3. The van der Waals surface area contributed by atoms with Crippen LogP contribution in [0.3, 0.4) is 0 Å². The number of hydrogen-bond acceptors (Lipinski definition) is 2. The van der Waals surface area contributed by atoms with Crippen LogP contribution < -0.4 is 5.32 Å². The summed E-state index contributed by atoms with van der Waals surface area (Å²) in [5.74, 6) is 0. The standard InChI is InChI=1S/C9H17N3/c1-5-12-8(3)9(6-10-4)7(2)11-12/h10H,5-6H2,1-4H3. The number of nitrogens with one attached hydrogen (secondary N) is 1. The SMILES string of the molecule is CCn1nc(C)c(CNC)c1C. The molecule has 0 radical (unpaired) electrons. The molecule has 0 saturated heterocycles. The van der Waals surface area contributed by atoms with Gasteiger partial charge in [-0.1, -0.05) is 0 Å². The second-order valence-electron chi connectivity index (χ2n) is 3.00. The van der Waals surface area contributed by atoms with Gasteiger partial charge in [0, 0.05) is 24.3 Å². The van der Waals surface area contributed by atoms with E-state index in [2.05, 4.69) is 31.2 Å². The van der Waals surface area contributed by atoms with Crippen LogP contribution in [0.15, 0.2) is 0 Å². The first-order valence-corrected chi connectivity index (χ1v) is 4.38. The Morgan fingerprint density at radius 1 is 1.42 bits per heavy atom. The van der Waals surface area contributed by atoms with Crippen LogP contribution in [0, 0.1) is 13.8 Å². The summed E-state index contributed by atoms with van der Waals surface area (Å²) in [5, 5.41) is 7.57. The summed E-state index contributed by atoms with van der Waals surface area (Å²) < 4.78 is 2.04. The van der Waals surface area contributed by atoms with Crippen LogP contribution in [0.4, 0.5) is 0 Å². The molecule has 0 fully saturated rings. The minimum Gasteiger partial charge on any atom is -0.316 e. The molecule has 3 heteroatoms. The van der Waals surface area contributed by atoms with Crippen LogP contribution in [0.25, 0.3) is 0 Å². The molecule has 68 valence electrons. The predicted octanol–water partition coefficient (Wildman–Crippen LogP) is 1.24. The van der Waals surface area contributed by atoms with Crippen molar-refractivity contribution in [1.82, 2.24) is 15.1 Å². The van der Waals surface area contributed by atoms with Crippen molar-refractivity contribution in [3.8, 4) is 0 Å². The van der Waals surface area contributed by atoms with Gasteiger partial charge in [0.2, 0.25) is 0 Å². The van der Waals surface area contributed by atoms with E-state index in [1.807, 2.05) is 11.7 Å². The van der Waals surface area contributed by atoms with Crippen molar-refractivity contribution in [2.24, 2.45) is 0 Å². The molecule has 0 bridgehead atoms. The zero-order valence-corrected chi connectivity index (χ0v) is 8.31. The van der Waals surface area contributed by atoms with E-state index in [-0.39, 0.29) is 0 Å². The van der Waals surface area contributed by atoms with Crippen LogP contribution >= 0.6 is 0 Å². The van der Waals surface area contributed by atoms with Gasteiger partial charge in [-0.25, -0.2) is 0 Å². The van der Waals surface area contributed by atoms with Crippen molar-refractivity contribution in [3.63, 3.8) is 0 Å². The fourth-order valence-corrected chi connectivity index (χ4v) is 1.47. The average Bonchev–Trinajstić information content (AvgIpc) is 2.32. The van der Waals surface area contributed by atoms with E-state index in [0.29, 0.717) is 0 Å². The Balaban J connectivity index is 3.01. The minimum absolute atomic E-state index is 0.914. The van der Waals surface area contributed by atoms with Crippen LogP contribution in [-0.2, 0) is 13.1 Å². The second-order valence-corrected chi connectivity index (χ2v) is 3.00. The van der Waals surface area contributed by atoms with Crippen LogP contribution in [0.1, 0.15) is 23.9 Å². The lowest BCUT2D eigenvalue weighted by Gasteiger charge is -2.01. The van der Waals surface area contributed by atoms with E-state index < -0.39 is 0 Å². The molecule has 0 atom stereocenters. The lowest BCUT2D eigenvalue weighted by molar-refractivity contribution is 0.632. The second kappa shape index (κ2) is 3.72. The van der Waals surface area contributed by atoms with Crippen molar-refractivity contribution in [1.29, 1.82) is 0 Å². The molecule has 1 aromatic rings. The first-order chi connectivity index (χ1) is 5.70. The molecule has 0 amide bonds. The molecular weight excluding hydrogens is 150 g/mol. The van der Waals surface area contributed by atoms with E-state index >= 15 is 0 Å². The van der Waals surface area contributed by atoms with Gasteiger partial charge >= 0.3 is 0 Å². The van der Waals surface area contributed by atoms with Gasteiger partial charge in [-0.15, -0.1) is 0 Å². The first-order valence-electron chi connectivity index (χ1n) is 4.38. The Kier molecular flexibility index (Phi) is 2.87. The summed E-state index contributed by atoms with van der Waals surface area (Å²) in [6, 6.07) is 0.